The lowest BCUT2D eigenvalue weighted by molar-refractivity contribution is -0.138. The van der Waals surface area contributed by atoms with Crippen LogP contribution in [-0.2, 0) is 11.0 Å². The molecular weight excluding hydrogens is 331 g/mol. The van der Waals surface area contributed by atoms with Gasteiger partial charge in [-0.15, -0.1) is 0 Å². The van der Waals surface area contributed by atoms with Crippen LogP contribution in [0, 0.1) is 18.3 Å². The molecule has 0 radical (unpaired) electrons. The Labute approximate surface area is 143 Å². The van der Waals surface area contributed by atoms with Gasteiger partial charge in [-0.25, -0.2) is 0 Å². The molecule has 7 heteroatoms. The van der Waals surface area contributed by atoms with Gasteiger partial charge in [-0.1, -0.05) is 18.2 Å². The average Bonchev–Trinajstić information content (AvgIpc) is 2.56. The number of anilines is 2. The van der Waals surface area contributed by atoms with Crippen LogP contribution in [0.4, 0.5) is 24.5 Å². The van der Waals surface area contributed by atoms with E-state index in [4.69, 9.17) is 5.26 Å². The van der Waals surface area contributed by atoms with Gasteiger partial charge in [-0.3, -0.25) is 4.79 Å². The minimum atomic E-state index is -4.46. The molecular formula is C18H16F3N3O. The van der Waals surface area contributed by atoms with Gasteiger partial charge in [-0.05, 0) is 43.7 Å². The van der Waals surface area contributed by atoms with Crippen LogP contribution < -0.4 is 10.6 Å². The van der Waals surface area contributed by atoms with Crippen molar-refractivity contribution in [2.75, 3.05) is 10.6 Å². The Morgan fingerprint density at radius 1 is 1.20 bits per heavy atom. The van der Waals surface area contributed by atoms with Crippen molar-refractivity contribution in [3.05, 3.63) is 59.2 Å². The minimum Gasteiger partial charge on any atom is -0.374 e. The summed E-state index contributed by atoms with van der Waals surface area (Å²) in [6.45, 7) is 2.90. The number of hydrogen-bond acceptors (Lipinski definition) is 3. The molecule has 1 atom stereocenters. The van der Waals surface area contributed by atoms with Gasteiger partial charge in [0.1, 0.15) is 12.1 Å². The SMILES string of the molecule is Cc1ccc(NC(C)C(=O)Nc2ccccc2C#N)cc1C(F)(F)F. The maximum Gasteiger partial charge on any atom is 0.416 e. The number of nitriles is 1. The van der Waals surface area contributed by atoms with E-state index < -0.39 is 23.7 Å². The minimum absolute atomic E-state index is 0.109. The van der Waals surface area contributed by atoms with E-state index in [-0.39, 0.29) is 11.3 Å². The second-order valence-electron chi connectivity index (χ2n) is 5.54. The van der Waals surface area contributed by atoms with Gasteiger partial charge in [0.25, 0.3) is 0 Å². The Morgan fingerprint density at radius 2 is 1.88 bits per heavy atom. The highest BCUT2D eigenvalue weighted by Gasteiger charge is 2.32. The molecule has 0 bridgehead atoms. The predicted molar refractivity (Wildman–Crippen MR) is 89.1 cm³/mol. The number of nitrogens with one attached hydrogen (secondary N) is 2. The molecule has 2 aromatic rings. The summed E-state index contributed by atoms with van der Waals surface area (Å²) in [7, 11) is 0. The maximum atomic E-state index is 13.0. The van der Waals surface area contributed by atoms with Crippen LogP contribution in [0.5, 0.6) is 0 Å². The zero-order valence-corrected chi connectivity index (χ0v) is 13.6. The molecule has 0 saturated carbocycles. The first-order valence-corrected chi connectivity index (χ1v) is 7.46. The normalized spacial score (nSPS) is 12.2. The summed E-state index contributed by atoms with van der Waals surface area (Å²) in [5.41, 5.74) is 0.202. The van der Waals surface area contributed by atoms with Crippen molar-refractivity contribution in [3.8, 4) is 6.07 Å². The van der Waals surface area contributed by atoms with Crippen LogP contribution in [0.2, 0.25) is 0 Å². The lowest BCUT2D eigenvalue weighted by Crippen LogP contribution is -2.32. The van der Waals surface area contributed by atoms with E-state index in [0.717, 1.165) is 6.07 Å². The molecule has 0 aromatic heterocycles. The van der Waals surface area contributed by atoms with Crippen LogP contribution in [0.25, 0.3) is 0 Å². The molecule has 0 aliphatic rings. The van der Waals surface area contributed by atoms with Crippen molar-refractivity contribution in [1.29, 1.82) is 5.26 Å². The number of carbonyl (C=O) groups is 1. The molecule has 0 aliphatic carbocycles. The Balaban J connectivity index is 2.13. The number of alkyl halides is 3. The Morgan fingerprint density at radius 3 is 2.52 bits per heavy atom. The summed E-state index contributed by atoms with van der Waals surface area (Å²) in [6, 6.07) is 11.4. The van der Waals surface area contributed by atoms with Crippen molar-refractivity contribution < 1.29 is 18.0 Å². The molecule has 0 fully saturated rings. The number of amides is 1. The van der Waals surface area contributed by atoms with Gasteiger partial charge in [0.15, 0.2) is 0 Å². The number of carbonyl (C=O) groups excluding carboxylic acids is 1. The number of benzene rings is 2. The molecule has 0 aliphatic heterocycles. The topological polar surface area (TPSA) is 64.9 Å². The first kappa shape index (κ1) is 18.3. The summed E-state index contributed by atoms with van der Waals surface area (Å²) in [6.07, 6.45) is -4.46. The summed E-state index contributed by atoms with van der Waals surface area (Å²) in [5.74, 6) is -0.461. The smallest absolute Gasteiger partial charge is 0.374 e. The number of halogens is 3. The number of hydrogen-bond donors (Lipinski definition) is 2. The lowest BCUT2D eigenvalue weighted by atomic mass is 10.1. The van der Waals surface area contributed by atoms with Crippen molar-refractivity contribution in [2.45, 2.75) is 26.1 Å². The number of aryl methyl sites for hydroxylation is 1. The highest BCUT2D eigenvalue weighted by molar-refractivity contribution is 5.97. The predicted octanol–water partition coefficient (Wildman–Crippen LogP) is 4.32. The van der Waals surface area contributed by atoms with Gasteiger partial charge in [-0.2, -0.15) is 18.4 Å². The van der Waals surface area contributed by atoms with E-state index in [1.54, 1.807) is 24.3 Å². The van der Waals surface area contributed by atoms with E-state index in [0.29, 0.717) is 11.3 Å². The molecule has 2 rings (SSSR count). The fourth-order valence-electron chi connectivity index (χ4n) is 2.26. The summed E-state index contributed by atoms with van der Waals surface area (Å²) in [4.78, 5) is 12.2. The van der Waals surface area contributed by atoms with E-state index in [1.165, 1.54) is 26.0 Å². The third-order valence-electron chi connectivity index (χ3n) is 3.62. The Bertz CT molecular complexity index is 825. The summed E-state index contributed by atoms with van der Waals surface area (Å²) >= 11 is 0. The van der Waals surface area contributed by atoms with E-state index >= 15 is 0 Å². The Kier molecular flexibility index (Phi) is 5.32. The molecule has 1 amide bonds. The molecule has 0 spiro atoms. The molecule has 0 heterocycles. The van der Waals surface area contributed by atoms with Crippen molar-refractivity contribution in [2.24, 2.45) is 0 Å². The van der Waals surface area contributed by atoms with E-state index in [2.05, 4.69) is 10.6 Å². The lowest BCUT2D eigenvalue weighted by Gasteiger charge is -2.18. The second kappa shape index (κ2) is 7.26. The van der Waals surface area contributed by atoms with E-state index in [1.807, 2.05) is 6.07 Å². The first-order valence-electron chi connectivity index (χ1n) is 7.46. The highest BCUT2D eigenvalue weighted by atomic mass is 19.4. The van der Waals surface area contributed by atoms with E-state index in [9.17, 15) is 18.0 Å². The zero-order valence-electron chi connectivity index (χ0n) is 13.6. The molecule has 2 aromatic carbocycles. The molecule has 2 N–H and O–H groups in total. The average molecular weight is 347 g/mol. The van der Waals surface area contributed by atoms with Crippen molar-refractivity contribution in [3.63, 3.8) is 0 Å². The van der Waals surface area contributed by atoms with Crippen LogP contribution in [0.3, 0.4) is 0 Å². The fraction of sp³-hybridized carbons (Fsp3) is 0.222. The van der Waals surface area contributed by atoms with Gasteiger partial charge in [0.2, 0.25) is 5.91 Å². The fourth-order valence-corrected chi connectivity index (χ4v) is 2.26. The Hall–Kier alpha value is -3.01. The standard InChI is InChI=1S/C18H16F3N3O/c1-11-7-8-14(9-15(11)18(19,20)21)23-12(2)17(25)24-16-6-4-3-5-13(16)10-22/h3-9,12,23H,1-2H3,(H,24,25). The van der Waals surface area contributed by atoms with Crippen LogP contribution >= 0.6 is 0 Å². The van der Waals surface area contributed by atoms with Crippen LogP contribution in [0.1, 0.15) is 23.6 Å². The van der Waals surface area contributed by atoms with Crippen molar-refractivity contribution >= 4 is 17.3 Å². The number of rotatable bonds is 4. The summed E-state index contributed by atoms with van der Waals surface area (Å²) < 4.78 is 38.9. The van der Waals surface area contributed by atoms with Crippen LogP contribution in [0.15, 0.2) is 42.5 Å². The third kappa shape index (κ3) is 4.51. The summed E-state index contributed by atoms with van der Waals surface area (Å²) in [5, 5.41) is 14.4. The first-order chi connectivity index (χ1) is 11.7. The third-order valence-corrected chi connectivity index (χ3v) is 3.62. The molecule has 25 heavy (non-hydrogen) atoms. The van der Waals surface area contributed by atoms with Crippen LogP contribution in [-0.4, -0.2) is 11.9 Å². The van der Waals surface area contributed by atoms with Gasteiger partial charge in [0.05, 0.1) is 16.8 Å². The largest absolute Gasteiger partial charge is 0.416 e. The molecule has 0 saturated heterocycles. The van der Waals surface area contributed by atoms with Gasteiger partial charge in [0, 0.05) is 5.69 Å². The maximum absolute atomic E-state index is 13.0. The molecule has 1 unspecified atom stereocenters. The van der Waals surface area contributed by atoms with Gasteiger partial charge < -0.3 is 10.6 Å². The highest BCUT2D eigenvalue weighted by Crippen LogP contribution is 2.33. The molecule has 4 nitrogen and oxygen atoms in total. The molecule has 130 valence electrons. The zero-order chi connectivity index (χ0) is 18.6. The second-order valence-corrected chi connectivity index (χ2v) is 5.54. The number of para-hydroxylation sites is 1. The monoisotopic (exact) mass is 347 g/mol. The van der Waals surface area contributed by atoms with Crippen molar-refractivity contribution in [1.82, 2.24) is 0 Å². The quantitative estimate of drug-likeness (QED) is 0.865. The van der Waals surface area contributed by atoms with Gasteiger partial charge >= 0.3 is 6.18 Å². The number of nitrogens with zero attached hydrogens (tertiary/aromatic N) is 1.